The van der Waals surface area contributed by atoms with Crippen LogP contribution in [0, 0.1) is 5.82 Å². The molecule has 0 saturated carbocycles. The summed E-state index contributed by atoms with van der Waals surface area (Å²) in [5.74, 6) is -2.41. The Morgan fingerprint density at radius 3 is 2.50 bits per heavy atom. The molecule has 1 aromatic carbocycles. The Morgan fingerprint density at radius 1 is 1.25 bits per heavy atom. The zero-order valence-electron chi connectivity index (χ0n) is 13.0. The minimum Gasteiger partial charge on any atom is -0.466 e. The largest absolute Gasteiger partial charge is 0.491 e. The summed E-state index contributed by atoms with van der Waals surface area (Å²) in [6, 6.07) is 3.44. The molecule has 0 saturated heterocycles. The van der Waals surface area contributed by atoms with E-state index < -0.39 is 24.9 Å². The molecule has 0 spiro atoms. The highest BCUT2D eigenvalue weighted by molar-refractivity contribution is 6.58. The van der Waals surface area contributed by atoms with Crippen molar-refractivity contribution in [3.63, 3.8) is 0 Å². The SMILES string of the molecule is COC(=O)C1=C(C(=O)OC)N(c2ccc(F)c(B(O)O)c2)COC1. The average Bonchev–Trinajstić information content (AvgIpc) is 2.59. The molecule has 1 heterocycles. The van der Waals surface area contributed by atoms with Gasteiger partial charge < -0.3 is 29.2 Å². The van der Waals surface area contributed by atoms with Crippen LogP contribution in [-0.2, 0) is 23.8 Å². The molecular formula is C14H15BFNO7. The predicted molar refractivity (Wildman–Crippen MR) is 80.6 cm³/mol. The third-order valence-corrected chi connectivity index (χ3v) is 3.40. The van der Waals surface area contributed by atoms with Crippen LogP contribution in [0.5, 0.6) is 0 Å². The van der Waals surface area contributed by atoms with E-state index in [0.717, 1.165) is 26.4 Å². The molecule has 1 aromatic rings. The molecule has 128 valence electrons. The van der Waals surface area contributed by atoms with E-state index in [-0.39, 0.29) is 35.8 Å². The fourth-order valence-corrected chi connectivity index (χ4v) is 2.24. The molecule has 2 rings (SSSR count). The number of esters is 2. The van der Waals surface area contributed by atoms with Crippen molar-refractivity contribution < 1.29 is 38.2 Å². The molecule has 1 aliphatic heterocycles. The summed E-state index contributed by atoms with van der Waals surface area (Å²) in [7, 11) is 0.258. The number of benzene rings is 1. The van der Waals surface area contributed by atoms with Gasteiger partial charge in [-0.05, 0) is 18.2 Å². The molecule has 24 heavy (non-hydrogen) atoms. The molecule has 0 aliphatic carbocycles. The van der Waals surface area contributed by atoms with Gasteiger partial charge in [-0.25, -0.2) is 14.0 Å². The number of nitrogens with zero attached hydrogens (tertiary/aromatic N) is 1. The summed E-state index contributed by atoms with van der Waals surface area (Å²) in [5, 5.41) is 18.4. The Morgan fingerprint density at radius 2 is 1.92 bits per heavy atom. The van der Waals surface area contributed by atoms with Gasteiger partial charge in [-0.2, -0.15) is 0 Å². The van der Waals surface area contributed by atoms with Crippen LogP contribution in [0.4, 0.5) is 10.1 Å². The fourth-order valence-electron chi connectivity index (χ4n) is 2.24. The third-order valence-electron chi connectivity index (χ3n) is 3.40. The second-order valence-corrected chi connectivity index (χ2v) is 4.80. The lowest BCUT2D eigenvalue weighted by molar-refractivity contribution is -0.140. The Balaban J connectivity index is 2.57. The molecular weight excluding hydrogens is 324 g/mol. The summed E-state index contributed by atoms with van der Waals surface area (Å²) in [5.41, 5.74) is -0.366. The van der Waals surface area contributed by atoms with Crippen LogP contribution in [0.3, 0.4) is 0 Å². The Labute approximate surface area is 137 Å². The molecule has 10 heteroatoms. The number of rotatable bonds is 4. The number of halogens is 1. The first-order valence-electron chi connectivity index (χ1n) is 6.81. The predicted octanol–water partition coefficient (Wildman–Crippen LogP) is -1.10. The van der Waals surface area contributed by atoms with E-state index >= 15 is 0 Å². The summed E-state index contributed by atoms with van der Waals surface area (Å²) < 4.78 is 28.2. The Hall–Kier alpha value is -2.43. The van der Waals surface area contributed by atoms with Gasteiger partial charge in [0.2, 0.25) is 0 Å². The van der Waals surface area contributed by atoms with Crippen LogP contribution in [0.15, 0.2) is 29.5 Å². The van der Waals surface area contributed by atoms with Crippen molar-refractivity contribution >= 4 is 30.2 Å². The van der Waals surface area contributed by atoms with E-state index in [0.29, 0.717) is 0 Å². The number of anilines is 1. The summed E-state index contributed by atoms with van der Waals surface area (Å²) in [6.07, 6.45) is 0. The highest BCUT2D eigenvalue weighted by Crippen LogP contribution is 2.26. The van der Waals surface area contributed by atoms with Crippen molar-refractivity contribution in [2.45, 2.75) is 0 Å². The van der Waals surface area contributed by atoms with E-state index in [1.165, 1.54) is 11.0 Å². The Bertz CT molecular complexity index is 692. The van der Waals surface area contributed by atoms with Crippen molar-refractivity contribution in [1.82, 2.24) is 0 Å². The highest BCUT2D eigenvalue weighted by Gasteiger charge is 2.33. The lowest BCUT2D eigenvalue weighted by Gasteiger charge is -2.31. The van der Waals surface area contributed by atoms with E-state index in [4.69, 9.17) is 9.47 Å². The van der Waals surface area contributed by atoms with Crippen LogP contribution >= 0.6 is 0 Å². The van der Waals surface area contributed by atoms with Gasteiger partial charge >= 0.3 is 19.1 Å². The second kappa shape index (κ2) is 7.43. The zero-order chi connectivity index (χ0) is 17.9. The number of carbonyl (C=O) groups excluding carboxylic acids is 2. The standard InChI is InChI=1S/C14H15BFNO7/c1-22-13(18)9-6-24-7-17(12(9)14(19)23-2)8-3-4-11(16)10(5-8)15(20)21/h3-5,20-21H,6-7H2,1-2H3. The third kappa shape index (κ3) is 3.40. The maximum absolute atomic E-state index is 13.6. The summed E-state index contributed by atoms with van der Waals surface area (Å²) in [4.78, 5) is 25.2. The van der Waals surface area contributed by atoms with Gasteiger partial charge in [0.05, 0.1) is 26.4 Å². The van der Waals surface area contributed by atoms with Gasteiger partial charge in [0.15, 0.2) is 0 Å². The molecule has 8 nitrogen and oxygen atoms in total. The summed E-state index contributed by atoms with van der Waals surface area (Å²) in [6.45, 7) is -0.290. The van der Waals surface area contributed by atoms with Gasteiger partial charge in [0, 0.05) is 11.2 Å². The van der Waals surface area contributed by atoms with Gasteiger partial charge in [0.25, 0.3) is 0 Å². The number of hydrogen-bond donors (Lipinski definition) is 2. The topological polar surface area (TPSA) is 106 Å². The lowest BCUT2D eigenvalue weighted by atomic mass is 9.79. The van der Waals surface area contributed by atoms with Gasteiger partial charge in [-0.1, -0.05) is 0 Å². The van der Waals surface area contributed by atoms with Crippen molar-refractivity contribution in [3.05, 3.63) is 35.3 Å². The maximum atomic E-state index is 13.6. The molecule has 2 N–H and O–H groups in total. The monoisotopic (exact) mass is 339 g/mol. The molecule has 1 aliphatic rings. The molecule has 0 radical (unpaired) electrons. The van der Waals surface area contributed by atoms with Crippen LogP contribution < -0.4 is 10.4 Å². The molecule has 0 fully saturated rings. The Kier molecular flexibility index (Phi) is 5.55. The molecule has 0 aromatic heterocycles. The first-order chi connectivity index (χ1) is 11.4. The van der Waals surface area contributed by atoms with Crippen molar-refractivity contribution in [1.29, 1.82) is 0 Å². The van der Waals surface area contributed by atoms with Crippen molar-refractivity contribution in [3.8, 4) is 0 Å². The van der Waals surface area contributed by atoms with E-state index in [9.17, 15) is 24.0 Å². The maximum Gasteiger partial charge on any atom is 0.491 e. The zero-order valence-corrected chi connectivity index (χ0v) is 13.0. The minimum absolute atomic E-state index is 0.0639. The molecule has 0 bridgehead atoms. The van der Waals surface area contributed by atoms with E-state index in [2.05, 4.69) is 4.74 Å². The quantitative estimate of drug-likeness (QED) is 0.526. The van der Waals surface area contributed by atoms with Gasteiger partial charge in [-0.15, -0.1) is 0 Å². The van der Waals surface area contributed by atoms with Gasteiger partial charge in [-0.3, -0.25) is 0 Å². The van der Waals surface area contributed by atoms with Crippen LogP contribution in [0.25, 0.3) is 0 Å². The first-order valence-corrected chi connectivity index (χ1v) is 6.81. The number of ether oxygens (including phenoxy) is 3. The smallest absolute Gasteiger partial charge is 0.466 e. The van der Waals surface area contributed by atoms with Crippen molar-refractivity contribution in [2.75, 3.05) is 32.5 Å². The molecule has 0 atom stereocenters. The lowest BCUT2D eigenvalue weighted by Crippen LogP contribution is -2.40. The molecule has 0 unspecified atom stereocenters. The van der Waals surface area contributed by atoms with E-state index in [1.807, 2.05) is 0 Å². The molecule has 0 amide bonds. The minimum atomic E-state index is -2.04. The average molecular weight is 339 g/mol. The first kappa shape index (κ1) is 17.9. The highest BCUT2D eigenvalue weighted by atomic mass is 19.1. The summed E-state index contributed by atoms with van der Waals surface area (Å²) >= 11 is 0. The number of hydrogen-bond acceptors (Lipinski definition) is 8. The van der Waals surface area contributed by atoms with Gasteiger partial charge in [0.1, 0.15) is 18.2 Å². The fraction of sp³-hybridized carbons (Fsp3) is 0.286. The van der Waals surface area contributed by atoms with Crippen LogP contribution in [-0.4, -0.2) is 56.7 Å². The second-order valence-electron chi connectivity index (χ2n) is 4.80. The number of carbonyl (C=O) groups is 2. The van der Waals surface area contributed by atoms with Crippen molar-refractivity contribution in [2.24, 2.45) is 0 Å². The van der Waals surface area contributed by atoms with Crippen LogP contribution in [0.2, 0.25) is 0 Å². The number of methoxy groups -OCH3 is 2. The van der Waals surface area contributed by atoms with E-state index in [1.54, 1.807) is 0 Å². The normalized spacial score (nSPS) is 14.5. The van der Waals surface area contributed by atoms with Crippen LogP contribution in [0.1, 0.15) is 0 Å².